The maximum Gasteiger partial charge on any atom is 0.230 e. The van der Waals surface area contributed by atoms with Crippen molar-refractivity contribution in [3.63, 3.8) is 0 Å². The summed E-state index contributed by atoms with van der Waals surface area (Å²) in [5.74, 6) is -0.171. The van der Waals surface area contributed by atoms with Crippen LogP contribution < -0.4 is 0 Å². The van der Waals surface area contributed by atoms with Gasteiger partial charge in [-0.05, 0) is 36.1 Å². The second-order valence-electron chi connectivity index (χ2n) is 5.31. The Kier molecular flexibility index (Phi) is 2.96. The van der Waals surface area contributed by atoms with Crippen molar-refractivity contribution in [1.82, 2.24) is 15.1 Å². The lowest BCUT2D eigenvalue weighted by atomic mass is 10.1. The normalized spacial score (nSPS) is 20.1. The van der Waals surface area contributed by atoms with Gasteiger partial charge in [0, 0.05) is 29.9 Å². The highest BCUT2D eigenvalue weighted by molar-refractivity contribution is 5.52. The standard InChI is InChI=1S/C16H11F2N3O/c17-10-1-2-11(14(18)7-10)12-8-13(12)16-20-15(21-22-16)9-3-5-19-6-4-9/h1-7,12-13H,8H2. The molecule has 2 atom stereocenters. The van der Waals surface area contributed by atoms with E-state index in [-0.39, 0.29) is 11.8 Å². The summed E-state index contributed by atoms with van der Waals surface area (Å²) in [7, 11) is 0. The van der Waals surface area contributed by atoms with E-state index < -0.39 is 11.6 Å². The minimum absolute atomic E-state index is 0.0111. The maximum atomic E-state index is 13.8. The topological polar surface area (TPSA) is 51.8 Å². The van der Waals surface area contributed by atoms with Crippen LogP contribution in [-0.2, 0) is 0 Å². The molecule has 4 rings (SSSR count). The van der Waals surface area contributed by atoms with Crippen molar-refractivity contribution >= 4 is 0 Å². The maximum absolute atomic E-state index is 13.8. The predicted molar refractivity (Wildman–Crippen MR) is 74.0 cm³/mol. The van der Waals surface area contributed by atoms with Crippen LogP contribution in [0.4, 0.5) is 8.78 Å². The number of nitrogens with zero attached hydrogens (tertiary/aromatic N) is 3. The summed E-state index contributed by atoms with van der Waals surface area (Å²) in [5, 5.41) is 3.94. The Labute approximate surface area is 124 Å². The third kappa shape index (κ3) is 2.26. The average molecular weight is 299 g/mol. The Bertz CT molecular complexity index is 819. The minimum Gasteiger partial charge on any atom is -0.339 e. The van der Waals surface area contributed by atoms with E-state index in [1.165, 1.54) is 12.1 Å². The molecule has 3 aromatic rings. The Morgan fingerprint density at radius 1 is 1.05 bits per heavy atom. The summed E-state index contributed by atoms with van der Waals surface area (Å²) in [5.41, 5.74) is 1.31. The molecular formula is C16H11F2N3O. The van der Waals surface area contributed by atoms with Crippen LogP contribution in [0.15, 0.2) is 47.2 Å². The summed E-state index contributed by atoms with van der Waals surface area (Å²) >= 11 is 0. The molecule has 0 spiro atoms. The van der Waals surface area contributed by atoms with Crippen molar-refractivity contribution in [1.29, 1.82) is 0 Å². The predicted octanol–water partition coefficient (Wildman–Crippen LogP) is 3.68. The lowest BCUT2D eigenvalue weighted by Gasteiger charge is -2.00. The highest BCUT2D eigenvalue weighted by Gasteiger charge is 2.45. The van der Waals surface area contributed by atoms with Crippen molar-refractivity contribution in [3.8, 4) is 11.4 Å². The van der Waals surface area contributed by atoms with Gasteiger partial charge in [-0.2, -0.15) is 4.98 Å². The van der Waals surface area contributed by atoms with E-state index in [2.05, 4.69) is 15.1 Å². The first-order chi connectivity index (χ1) is 10.7. The lowest BCUT2D eigenvalue weighted by molar-refractivity contribution is 0.378. The van der Waals surface area contributed by atoms with E-state index >= 15 is 0 Å². The van der Waals surface area contributed by atoms with Gasteiger partial charge in [0.2, 0.25) is 11.7 Å². The number of rotatable bonds is 3. The molecule has 1 aliphatic rings. The Balaban J connectivity index is 1.57. The van der Waals surface area contributed by atoms with E-state index in [1.54, 1.807) is 24.5 Å². The summed E-state index contributed by atoms with van der Waals surface area (Å²) < 4.78 is 32.0. The molecule has 4 nitrogen and oxygen atoms in total. The average Bonchev–Trinajstić information content (AvgIpc) is 3.15. The van der Waals surface area contributed by atoms with Crippen LogP contribution in [0.2, 0.25) is 0 Å². The number of halogens is 2. The molecule has 2 unspecified atom stereocenters. The molecule has 1 saturated carbocycles. The molecule has 1 fully saturated rings. The minimum atomic E-state index is -0.573. The molecular weight excluding hydrogens is 288 g/mol. The highest BCUT2D eigenvalue weighted by Crippen LogP contribution is 2.54. The molecule has 0 saturated heterocycles. The first-order valence-corrected chi connectivity index (χ1v) is 6.91. The van der Waals surface area contributed by atoms with Crippen LogP contribution in [0.3, 0.4) is 0 Å². The van der Waals surface area contributed by atoms with Crippen LogP contribution in [-0.4, -0.2) is 15.1 Å². The first-order valence-electron chi connectivity index (χ1n) is 6.91. The van der Waals surface area contributed by atoms with Gasteiger partial charge in [-0.15, -0.1) is 0 Å². The monoisotopic (exact) mass is 299 g/mol. The summed E-state index contributed by atoms with van der Waals surface area (Å²) in [6.45, 7) is 0. The van der Waals surface area contributed by atoms with Crippen LogP contribution in [0.1, 0.15) is 29.7 Å². The van der Waals surface area contributed by atoms with Gasteiger partial charge in [0.1, 0.15) is 11.6 Å². The van der Waals surface area contributed by atoms with E-state index in [1.807, 2.05) is 0 Å². The van der Waals surface area contributed by atoms with E-state index in [4.69, 9.17) is 4.52 Å². The molecule has 0 N–H and O–H groups in total. The number of hydrogen-bond donors (Lipinski definition) is 0. The smallest absolute Gasteiger partial charge is 0.230 e. The van der Waals surface area contributed by atoms with E-state index in [9.17, 15) is 8.78 Å². The van der Waals surface area contributed by atoms with Gasteiger partial charge in [-0.25, -0.2) is 8.78 Å². The molecule has 0 bridgehead atoms. The van der Waals surface area contributed by atoms with Crippen molar-refractivity contribution in [3.05, 3.63) is 65.8 Å². The van der Waals surface area contributed by atoms with E-state index in [0.717, 1.165) is 18.1 Å². The Morgan fingerprint density at radius 3 is 2.64 bits per heavy atom. The van der Waals surface area contributed by atoms with Crippen LogP contribution in [0.25, 0.3) is 11.4 Å². The molecule has 0 radical (unpaired) electrons. The largest absolute Gasteiger partial charge is 0.339 e. The quantitative estimate of drug-likeness (QED) is 0.740. The number of aromatic nitrogens is 3. The van der Waals surface area contributed by atoms with Gasteiger partial charge in [0.05, 0.1) is 0 Å². The zero-order chi connectivity index (χ0) is 15.1. The van der Waals surface area contributed by atoms with Gasteiger partial charge in [-0.3, -0.25) is 4.98 Å². The Hall–Kier alpha value is -2.63. The van der Waals surface area contributed by atoms with Gasteiger partial charge in [0.15, 0.2) is 0 Å². The van der Waals surface area contributed by atoms with Crippen LogP contribution in [0, 0.1) is 11.6 Å². The third-order valence-electron chi connectivity index (χ3n) is 3.85. The zero-order valence-electron chi connectivity index (χ0n) is 11.4. The van der Waals surface area contributed by atoms with Crippen molar-refractivity contribution in [2.45, 2.75) is 18.3 Å². The van der Waals surface area contributed by atoms with Gasteiger partial charge < -0.3 is 4.52 Å². The molecule has 0 amide bonds. The van der Waals surface area contributed by atoms with Gasteiger partial charge >= 0.3 is 0 Å². The second-order valence-corrected chi connectivity index (χ2v) is 5.31. The molecule has 6 heteroatoms. The fourth-order valence-corrected chi connectivity index (χ4v) is 2.62. The lowest BCUT2D eigenvalue weighted by Crippen LogP contribution is -1.91. The summed E-state index contributed by atoms with van der Waals surface area (Å²) in [6, 6.07) is 7.23. The number of hydrogen-bond acceptors (Lipinski definition) is 4. The Morgan fingerprint density at radius 2 is 1.86 bits per heavy atom. The third-order valence-corrected chi connectivity index (χ3v) is 3.85. The molecule has 1 aromatic carbocycles. The van der Waals surface area contributed by atoms with E-state index in [0.29, 0.717) is 17.3 Å². The fourth-order valence-electron chi connectivity index (χ4n) is 2.62. The van der Waals surface area contributed by atoms with Gasteiger partial charge in [-0.1, -0.05) is 11.2 Å². The molecule has 1 aliphatic carbocycles. The molecule has 2 heterocycles. The number of benzene rings is 1. The van der Waals surface area contributed by atoms with Crippen molar-refractivity contribution < 1.29 is 13.3 Å². The summed E-state index contributed by atoms with van der Waals surface area (Å²) in [6.07, 6.45) is 4.03. The molecule has 0 aliphatic heterocycles. The zero-order valence-corrected chi connectivity index (χ0v) is 11.4. The van der Waals surface area contributed by atoms with Crippen molar-refractivity contribution in [2.75, 3.05) is 0 Å². The van der Waals surface area contributed by atoms with Gasteiger partial charge in [0.25, 0.3) is 0 Å². The fraction of sp³-hybridized carbons (Fsp3) is 0.188. The van der Waals surface area contributed by atoms with Crippen LogP contribution in [0.5, 0.6) is 0 Å². The van der Waals surface area contributed by atoms with Crippen LogP contribution >= 0.6 is 0 Å². The SMILES string of the molecule is Fc1ccc(C2CC2c2nc(-c3ccncc3)no2)c(F)c1. The molecule has 2 aromatic heterocycles. The first kappa shape index (κ1) is 13.1. The molecule has 22 heavy (non-hydrogen) atoms. The highest BCUT2D eigenvalue weighted by atomic mass is 19.1. The molecule has 110 valence electrons. The second kappa shape index (κ2) is 4.98. The number of pyridine rings is 1. The van der Waals surface area contributed by atoms with Crippen molar-refractivity contribution in [2.24, 2.45) is 0 Å². The summed E-state index contributed by atoms with van der Waals surface area (Å²) in [4.78, 5) is 8.30.